The number of fused-ring (bicyclic) bond motifs is 2. The van der Waals surface area contributed by atoms with Gasteiger partial charge < -0.3 is 0 Å². The Morgan fingerprint density at radius 2 is 0.640 bits per heavy atom. The molecule has 256 valence electrons. The average Bonchev–Trinajstić information content (AvgIpc) is 3.08. The minimum absolute atomic E-state index is 0.424. The first-order valence-electron chi connectivity index (χ1n) is 19.3. The van der Waals surface area contributed by atoms with Gasteiger partial charge in [0.2, 0.25) is 0 Å². The van der Waals surface area contributed by atoms with Crippen molar-refractivity contribution in [3.63, 3.8) is 0 Å². The monoisotopic (exact) mass is 656 g/mol. The van der Waals surface area contributed by atoms with Crippen LogP contribution < -0.4 is 0 Å². The summed E-state index contributed by atoms with van der Waals surface area (Å²) in [6, 6.07) is 33.9. The molecule has 0 aliphatic carbocycles. The van der Waals surface area contributed by atoms with Crippen molar-refractivity contribution in [1.29, 1.82) is 0 Å². The Balaban J connectivity index is 1.65. The topological polar surface area (TPSA) is 0 Å². The molecule has 0 atom stereocenters. The van der Waals surface area contributed by atoms with Crippen LogP contribution in [-0.4, -0.2) is 0 Å². The lowest BCUT2D eigenvalue weighted by Crippen LogP contribution is -2.04. The quantitative estimate of drug-likeness (QED) is 0.113. The number of hydrogen-bond acceptors (Lipinski definition) is 0. The van der Waals surface area contributed by atoms with E-state index in [2.05, 4.69) is 168 Å². The van der Waals surface area contributed by atoms with Crippen molar-refractivity contribution in [3.05, 3.63) is 118 Å². The predicted octanol–water partition coefficient (Wildman–Crippen LogP) is 15.8. The van der Waals surface area contributed by atoms with Gasteiger partial charge in [0.1, 0.15) is 0 Å². The smallest absolute Gasteiger partial charge is 0.00259 e. The first-order valence-corrected chi connectivity index (χ1v) is 19.3. The summed E-state index contributed by atoms with van der Waals surface area (Å²) >= 11 is 0. The zero-order valence-electron chi connectivity index (χ0n) is 32.5. The van der Waals surface area contributed by atoms with Crippen molar-refractivity contribution < 1.29 is 0 Å². The summed E-state index contributed by atoms with van der Waals surface area (Å²) < 4.78 is 0. The van der Waals surface area contributed by atoms with Crippen molar-refractivity contribution >= 4 is 43.1 Å². The van der Waals surface area contributed by atoms with E-state index in [0.29, 0.717) is 35.5 Å². The standard InChI is InChI=1S/C50H56/c1-27(2)35-21-41(29(5)6)49(42(22-35)30(7)8)37-19-33-15-13-17-39-40-18-14-16-34-20-38(26-46(48(34)40)45(25-37)47(33)39)50-43(31(9)10)23-36(28(3)4)24-44(50)32(11)12/h13-32H,1-12H3. The SMILES string of the molecule is CC(C)c1cc(C(C)C)c(-c2cc3cccc4c5cccc6cc(-c7c(C(C)C)cc(C(C)C)cc7C(C)C)cc(c(c2)c34)c65)c(C(C)C)c1. The summed E-state index contributed by atoms with van der Waals surface area (Å²) in [6.07, 6.45) is 0. The zero-order chi connectivity index (χ0) is 35.8. The van der Waals surface area contributed by atoms with Crippen LogP contribution in [0.3, 0.4) is 0 Å². The lowest BCUT2D eigenvalue weighted by molar-refractivity contribution is 0.807. The van der Waals surface area contributed by atoms with Gasteiger partial charge in [-0.25, -0.2) is 0 Å². The van der Waals surface area contributed by atoms with Crippen LogP contribution in [-0.2, 0) is 0 Å². The van der Waals surface area contributed by atoms with Gasteiger partial charge in [0.15, 0.2) is 0 Å². The maximum Gasteiger partial charge on any atom is -0.00259 e. The summed E-state index contributed by atoms with van der Waals surface area (Å²) in [7, 11) is 0. The van der Waals surface area contributed by atoms with Gasteiger partial charge in [0.05, 0.1) is 0 Å². The minimum atomic E-state index is 0.424. The highest BCUT2D eigenvalue weighted by molar-refractivity contribution is 6.34. The summed E-state index contributed by atoms with van der Waals surface area (Å²) in [6.45, 7) is 28.2. The normalized spacial score (nSPS) is 12.7. The van der Waals surface area contributed by atoms with Crippen molar-refractivity contribution in [3.8, 4) is 22.3 Å². The van der Waals surface area contributed by atoms with Crippen LogP contribution in [0, 0.1) is 0 Å². The average molecular weight is 657 g/mol. The molecule has 7 rings (SSSR count). The van der Waals surface area contributed by atoms with Crippen LogP contribution in [0.15, 0.2) is 84.9 Å². The van der Waals surface area contributed by atoms with Crippen LogP contribution in [0.25, 0.3) is 65.3 Å². The predicted molar refractivity (Wildman–Crippen MR) is 223 cm³/mol. The van der Waals surface area contributed by atoms with E-state index >= 15 is 0 Å². The van der Waals surface area contributed by atoms with E-state index in [0.717, 1.165) is 0 Å². The van der Waals surface area contributed by atoms with Crippen molar-refractivity contribution in [2.75, 3.05) is 0 Å². The van der Waals surface area contributed by atoms with Gasteiger partial charge in [0, 0.05) is 0 Å². The molecule has 0 spiro atoms. The van der Waals surface area contributed by atoms with Gasteiger partial charge in [-0.2, -0.15) is 0 Å². The Kier molecular flexibility index (Phi) is 8.83. The molecular weight excluding hydrogens is 601 g/mol. The van der Waals surface area contributed by atoms with E-state index < -0.39 is 0 Å². The highest BCUT2D eigenvalue weighted by Crippen LogP contribution is 2.48. The highest BCUT2D eigenvalue weighted by atomic mass is 14.3. The minimum Gasteiger partial charge on any atom is -0.0610 e. The van der Waals surface area contributed by atoms with Crippen LogP contribution in [0.4, 0.5) is 0 Å². The Hall–Kier alpha value is -4.16. The Bertz CT molecular complexity index is 2150. The van der Waals surface area contributed by atoms with Gasteiger partial charge in [0.25, 0.3) is 0 Å². The molecule has 0 heteroatoms. The highest BCUT2D eigenvalue weighted by Gasteiger charge is 2.23. The van der Waals surface area contributed by atoms with Gasteiger partial charge in [-0.05, 0) is 158 Å². The first kappa shape index (κ1) is 34.3. The first-order chi connectivity index (χ1) is 23.8. The molecule has 0 saturated carbocycles. The summed E-state index contributed by atoms with van der Waals surface area (Å²) in [5, 5.41) is 10.9. The molecule has 0 saturated heterocycles. The molecule has 0 aliphatic heterocycles. The summed E-state index contributed by atoms with van der Waals surface area (Å²) in [5.74, 6) is 2.68. The number of benzene rings is 7. The van der Waals surface area contributed by atoms with Crippen LogP contribution in [0.2, 0.25) is 0 Å². The van der Waals surface area contributed by atoms with Crippen LogP contribution >= 0.6 is 0 Å². The van der Waals surface area contributed by atoms with Gasteiger partial charge in [-0.3, -0.25) is 0 Å². The fourth-order valence-corrected chi connectivity index (χ4v) is 8.60. The van der Waals surface area contributed by atoms with E-state index in [1.807, 2.05) is 0 Å². The van der Waals surface area contributed by atoms with Crippen molar-refractivity contribution in [2.24, 2.45) is 0 Å². The molecule has 0 unspecified atom stereocenters. The Morgan fingerprint density at radius 1 is 0.320 bits per heavy atom. The lowest BCUT2D eigenvalue weighted by atomic mass is 9.79. The van der Waals surface area contributed by atoms with E-state index in [1.165, 1.54) is 98.7 Å². The van der Waals surface area contributed by atoms with Crippen LogP contribution in [0.1, 0.15) is 152 Å². The van der Waals surface area contributed by atoms with Crippen molar-refractivity contribution in [1.82, 2.24) is 0 Å². The molecule has 7 aromatic rings. The number of rotatable bonds is 8. The molecule has 0 N–H and O–H groups in total. The maximum absolute atomic E-state index is 2.55. The van der Waals surface area contributed by atoms with E-state index in [4.69, 9.17) is 0 Å². The van der Waals surface area contributed by atoms with Gasteiger partial charge in [-0.1, -0.05) is 144 Å². The Labute approximate surface area is 301 Å². The molecule has 0 radical (unpaired) electrons. The fraction of sp³-hybridized carbons (Fsp3) is 0.360. The summed E-state index contributed by atoms with van der Waals surface area (Å²) in [4.78, 5) is 0. The summed E-state index contributed by atoms with van der Waals surface area (Å²) in [5.41, 5.74) is 14.3. The molecular formula is C50H56. The molecule has 0 aliphatic rings. The largest absolute Gasteiger partial charge is 0.0610 e. The zero-order valence-corrected chi connectivity index (χ0v) is 32.5. The molecule has 7 aromatic carbocycles. The molecule has 0 nitrogen and oxygen atoms in total. The molecule has 50 heavy (non-hydrogen) atoms. The maximum atomic E-state index is 2.55. The van der Waals surface area contributed by atoms with E-state index in [-0.39, 0.29) is 0 Å². The third-order valence-corrected chi connectivity index (χ3v) is 11.4. The second-order valence-electron chi connectivity index (χ2n) is 16.9. The number of hydrogen-bond donors (Lipinski definition) is 0. The van der Waals surface area contributed by atoms with Crippen molar-refractivity contribution in [2.45, 2.75) is 119 Å². The molecule has 0 heterocycles. The second kappa shape index (κ2) is 12.9. The third-order valence-electron chi connectivity index (χ3n) is 11.4. The van der Waals surface area contributed by atoms with E-state index in [9.17, 15) is 0 Å². The molecule has 0 bridgehead atoms. The lowest BCUT2D eigenvalue weighted by Gasteiger charge is -2.25. The van der Waals surface area contributed by atoms with Gasteiger partial charge in [-0.15, -0.1) is 0 Å². The molecule has 0 amide bonds. The molecule has 0 aromatic heterocycles. The van der Waals surface area contributed by atoms with Crippen LogP contribution in [0.5, 0.6) is 0 Å². The fourth-order valence-electron chi connectivity index (χ4n) is 8.60. The molecule has 0 fully saturated rings. The Morgan fingerprint density at radius 3 is 0.920 bits per heavy atom. The third kappa shape index (κ3) is 5.60. The van der Waals surface area contributed by atoms with Gasteiger partial charge >= 0.3 is 0 Å². The van der Waals surface area contributed by atoms with E-state index in [1.54, 1.807) is 0 Å². The second-order valence-corrected chi connectivity index (χ2v) is 16.9.